The number of ether oxygens (including phenoxy) is 1. The number of likely N-dealkylation sites (N-methyl/N-ethyl adjacent to an activating group) is 1. The van der Waals surface area contributed by atoms with Gasteiger partial charge in [0.25, 0.3) is 5.91 Å². The summed E-state index contributed by atoms with van der Waals surface area (Å²) in [7, 11) is 1.72. The molecule has 1 amide bonds. The molecule has 3 aromatic carbocycles. The molecule has 29 heavy (non-hydrogen) atoms. The van der Waals surface area contributed by atoms with Gasteiger partial charge in [0, 0.05) is 13.6 Å². The van der Waals surface area contributed by atoms with E-state index in [0.29, 0.717) is 6.54 Å². The number of nitrogens with zero attached hydrogens (tertiary/aromatic N) is 1. The highest BCUT2D eigenvalue weighted by Gasteiger charge is 2.25. The quantitative estimate of drug-likeness (QED) is 0.567. The third-order valence-corrected chi connectivity index (χ3v) is 4.93. The number of amides is 1. The van der Waals surface area contributed by atoms with Gasteiger partial charge >= 0.3 is 5.97 Å². The fraction of sp³-hybridized carbons (Fsp3) is 0.200. The topological polar surface area (TPSA) is 46.6 Å². The van der Waals surface area contributed by atoms with Crippen molar-refractivity contribution in [2.24, 2.45) is 0 Å². The molecule has 0 heterocycles. The average molecular weight is 387 g/mol. The van der Waals surface area contributed by atoms with Gasteiger partial charge in [0.15, 0.2) is 6.61 Å². The first-order valence-electron chi connectivity index (χ1n) is 9.61. The Morgan fingerprint density at radius 2 is 1.34 bits per heavy atom. The number of benzene rings is 3. The van der Waals surface area contributed by atoms with Crippen molar-refractivity contribution in [1.29, 1.82) is 0 Å². The smallest absolute Gasteiger partial charge is 0.318 e. The van der Waals surface area contributed by atoms with E-state index >= 15 is 0 Å². The minimum absolute atomic E-state index is 0.235. The first kappa shape index (κ1) is 20.3. The number of esters is 1. The van der Waals surface area contributed by atoms with Gasteiger partial charge in [-0.15, -0.1) is 0 Å². The van der Waals surface area contributed by atoms with Crippen LogP contribution in [0.3, 0.4) is 0 Å². The number of carbonyl (C=O) groups is 2. The van der Waals surface area contributed by atoms with Gasteiger partial charge in [-0.1, -0.05) is 84.9 Å². The summed E-state index contributed by atoms with van der Waals surface area (Å²) in [5.74, 6) is -1.23. The van der Waals surface area contributed by atoms with Gasteiger partial charge in [0.05, 0.1) is 0 Å². The van der Waals surface area contributed by atoms with Crippen molar-refractivity contribution in [1.82, 2.24) is 4.90 Å². The second kappa shape index (κ2) is 9.69. The van der Waals surface area contributed by atoms with E-state index in [1.807, 2.05) is 91.9 Å². The van der Waals surface area contributed by atoms with E-state index in [2.05, 4.69) is 0 Å². The third-order valence-electron chi connectivity index (χ3n) is 4.93. The molecule has 0 aromatic heterocycles. The number of rotatable bonds is 7. The Kier molecular flexibility index (Phi) is 6.80. The van der Waals surface area contributed by atoms with Crippen LogP contribution in [0, 0.1) is 6.92 Å². The molecule has 148 valence electrons. The molecule has 3 rings (SSSR count). The van der Waals surface area contributed by atoms with Gasteiger partial charge in [-0.05, 0) is 29.2 Å². The molecular weight excluding hydrogens is 362 g/mol. The molecule has 4 heteroatoms. The predicted molar refractivity (Wildman–Crippen MR) is 113 cm³/mol. The summed E-state index contributed by atoms with van der Waals surface area (Å²) in [6.07, 6.45) is 0. The summed E-state index contributed by atoms with van der Waals surface area (Å²) in [5.41, 5.74) is 3.87. The lowest BCUT2D eigenvalue weighted by Gasteiger charge is -2.20. The van der Waals surface area contributed by atoms with Gasteiger partial charge in [-0.25, -0.2) is 0 Å². The van der Waals surface area contributed by atoms with E-state index in [1.54, 1.807) is 11.9 Å². The first-order valence-corrected chi connectivity index (χ1v) is 9.61. The van der Waals surface area contributed by atoms with Crippen LogP contribution in [0.2, 0.25) is 0 Å². The van der Waals surface area contributed by atoms with E-state index < -0.39 is 11.9 Å². The highest BCUT2D eigenvalue weighted by atomic mass is 16.5. The van der Waals surface area contributed by atoms with Crippen LogP contribution < -0.4 is 0 Å². The molecule has 0 spiro atoms. The Morgan fingerprint density at radius 3 is 1.90 bits per heavy atom. The van der Waals surface area contributed by atoms with Crippen molar-refractivity contribution in [2.75, 3.05) is 13.7 Å². The highest BCUT2D eigenvalue weighted by molar-refractivity contribution is 5.85. The van der Waals surface area contributed by atoms with Gasteiger partial charge < -0.3 is 9.64 Å². The number of hydrogen-bond donors (Lipinski definition) is 0. The van der Waals surface area contributed by atoms with Gasteiger partial charge in [0.2, 0.25) is 0 Å². The molecule has 0 aliphatic heterocycles. The van der Waals surface area contributed by atoms with E-state index in [-0.39, 0.29) is 12.5 Å². The minimum atomic E-state index is -0.563. The zero-order valence-corrected chi connectivity index (χ0v) is 16.7. The summed E-state index contributed by atoms with van der Waals surface area (Å²) in [5, 5.41) is 0. The SMILES string of the molecule is Cc1ccccc1CN(C)C(=O)COC(=O)C(c1ccccc1)c1ccccc1. The van der Waals surface area contributed by atoms with E-state index in [1.165, 1.54) is 0 Å². The van der Waals surface area contributed by atoms with Crippen molar-refractivity contribution in [3.8, 4) is 0 Å². The van der Waals surface area contributed by atoms with Gasteiger partial charge in [0.1, 0.15) is 5.92 Å². The molecular formula is C25H25NO3. The summed E-state index contributed by atoms with van der Waals surface area (Å²) in [6, 6.07) is 26.9. The molecule has 3 aromatic rings. The molecule has 0 radical (unpaired) electrons. The van der Waals surface area contributed by atoms with Crippen molar-refractivity contribution < 1.29 is 14.3 Å². The molecule has 0 saturated carbocycles. The molecule has 4 nitrogen and oxygen atoms in total. The number of aryl methyl sites for hydroxylation is 1. The Bertz CT molecular complexity index is 915. The zero-order valence-electron chi connectivity index (χ0n) is 16.7. The summed E-state index contributed by atoms with van der Waals surface area (Å²) in [6.45, 7) is 2.21. The van der Waals surface area contributed by atoms with Crippen LogP contribution in [0.5, 0.6) is 0 Å². The average Bonchev–Trinajstić information content (AvgIpc) is 2.75. The highest BCUT2D eigenvalue weighted by Crippen LogP contribution is 2.26. The maximum Gasteiger partial charge on any atom is 0.318 e. The van der Waals surface area contributed by atoms with E-state index in [0.717, 1.165) is 22.3 Å². The normalized spacial score (nSPS) is 10.6. The fourth-order valence-corrected chi connectivity index (χ4v) is 3.21. The zero-order chi connectivity index (χ0) is 20.6. The first-order chi connectivity index (χ1) is 14.1. The lowest BCUT2D eigenvalue weighted by molar-refractivity contribution is -0.152. The molecule has 0 fully saturated rings. The second-order valence-corrected chi connectivity index (χ2v) is 7.04. The van der Waals surface area contributed by atoms with Crippen LogP contribution in [0.1, 0.15) is 28.2 Å². The van der Waals surface area contributed by atoms with Crippen LogP contribution in [0.25, 0.3) is 0 Å². The van der Waals surface area contributed by atoms with E-state index in [4.69, 9.17) is 4.74 Å². The van der Waals surface area contributed by atoms with Crippen molar-refractivity contribution in [2.45, 2.75) is 19.4 Å². The number of carbonyl (C=O) groups excluding carboxylic acids is 2. The van der Waals surface area contributed by atoms with Crippen LogP contribution >= 0.6 is 0 Å². The van der Waals surface area contributed by atoms with Crippen molar-refractivity contribution in [3.05, 3.63) is 107 Å². The van der Waals surface area contributed by atoms with Crippen LogP contribution in [-0.2, 0) is 20.9 Å². The van der Waals surface area contributed by atoms with Crippen LogP contribution in [0.15, 0.2) is 84.9 Å². The monoisotopic (exact) mass is 387 g/mol. The lowest BCUT2D eigenvalue weighted by Crippen LogP contribution is -2.32. The number of hydrogen-bond acceptors (Lipinski definition) is 3. The van der Waals surface area contributed by atoms with Crippen molar-refractivity contribution >= 4 is 11.9 Å². The fourth-order valence-electron chi connectivity index (χ4n) is 3.21. The largest absolute Gasteiger partial charge is 0.455 e. The second-order valence-electron chi connectivity index (χ2n) is 7.04. The van der Waals surface area contributed by atoms with E-state index in [9.17, 15) is 9.59 Å². The Morgan fingerprint density at radius 1 is 0.828 bits per heavy atom. The maximum absolute atomic E-state index is 12.9. The predicted octanol–water partition coefficient (Wildman–Crippen LogP) is 4.33. The van der Waals surface area contributed by atoms with Crippen LogP contribution in [0.4, 0.5) is 0 Å². The molecule has 0 bridgehead atoms. The molecule has 0 saturated heterocycles. The molecule has 0 atom stereocenters. The van der Waals surface area contributed by atoms with Crippen molar-refractivity contribution in [3.63, 3.8) is 0 Å². The standard InChI is InChI=1S/C25H25NO3/c1-19-11-9-10-16-22(19)17-26(2)23(27)18-29-25(28)24(20-12-5-3-6-13-20)21-14-7-4-8-15-21/h3-16,24H,17-18H2,1-2H3. The Labute approximate surface area is 171 Å². The Balaban J connectivity index is 1.67. The minimum Gasteiger partial charge on any atom is -0.455 e. The molecule has 0 aliphatic rings. The lowest BCUT2D eigenvalue weighted by atomic mass is 9.91. The molecule has 0 unspecified atom stereocenters. The molecule has 0 aliphatic carbocycles. The Hall–Kier alpha value is -3.40. The van der Waals surface area contributed by atoms with Gasteiger partial charge in [-0.2, -0.15) is 0 Å². The van der Waals surface area contributed by atoms with Crippen LogP contribution in [-0.4, -0.2) is 30.4 Å². The third kappa shape index (κ3) is 5.32. The maximum atomic E-state index is 12.9. The summed E-state index contributed by atoms with van der Waals surface area (Å²) >= 11 is 0. The summed E-state index contributed by atoms with van der Waals surface area (Å²) in [4.78, 5) is 27.0. The van der Waals surface area contributed by atoms with Gasteiger partial charge in [-0.3, -0.25) is 9.59 Å². The summed E-state index contributed by atoms with van der Waals surface area (Å²) < 4.78 is 5.43. The molecule has 0 N–H and O–H groups in total.